The monoisotopic (exact) mass is 230 g/mol. The van der Waals surface area contributed by atoms with Gasteiger partial charge in [-0.3, -0.25) is 0 Å². The van der Waals surface area contributed by atoms with Crippen LogP contribution in [0.2, 0.25) is 0 Å². The Labute approximate surface area is 104 Å². The van der Waals surface area contributed by atoms with E-state index in [-0.39, 0.29) is 0 Å². The van der Waals surface area contributed by atoms with Gasteiger partial charge in [0.15, 0.2) is 0 Å². The fourth-order valence-corrected chi connectivity index (χ4v) is 3.11. The lowest BCUT2D eigenvalue weighted by molar-refractivity contribution is 0.361. The number of nitrogens with zero attached hydrogens (tertiary/aromatic N) is 1. The molecule has 0 aliphatic heterocycles. The van der Waals surface area contributed by atoms with Crippen molar-refractivity contribution >= 4 is 5.82 Å². The van der Waals surface area contributed by atoms with Crippen LogP contribution in [-0.2, 0) is 12.8 Å². The molecular formula is C15H22N2. The van der Waals surface area contributed by atoms with Crippen molar-refractivity contribution in [2.24, 2.45) is 5.92 Å². The Morgan fingerprint density at radius 2 is 1.94 bits per heavy atom. The van der Waals surface area contributed by atoms with Crippen molar-refractivity contribution in [3.05, 3.63) is 23.4 Å². The molecule has 1 heterocycles. The minimum atomic E-state index is 0.651. The molecule has 2 nitrogen and oxygen atoms in total. The first-order valence-corrected chi connectivity index (χ1v) is 7.06. The summed E-state index contributed by atoms with van der Waals surface area (Å²) in [4.78, 5) is 4.76. The predicted octanol–water partition coefficient (Wildman–Crippen LogP) is 3.56. The molecule has 0 aromatic carbocycles. The van der Waals surface area contributed by atoms with E-state index in [1.807, 2.05) is 0 Å². The third-order valence-corrected chi connectivity index (χ3v) is 4.30. The third-order valence-electron chi connectivity index (χ3n) is 4.30. The lowest BCUT2D eigenvalue weighted by atomic mass is 9.87. The molecule has 1 aromatic rings. The first-order valence-electron chi connectivity index (χ1n) is 7.06. The van der Waals surface area contributed by atoms with Gasteiger partial charge in [-0.15, -0.1) is 0 Å². The van der Waals surface area contributed by atoms with E-state index in [9.17, 15) is 0 Å². The molecule has 1 fully saturated rings. The predicted molar refractivity (Wildman–Crippen MR) is 71.3 cm³/mol. The van der Waals surface area contributed by atoms with Gasteiger partial charge in [0, 0.05) is 11.7 Å². The zero-order chi connectivity index (χ0) is 11.7. The second-order valence-corrected chi connectivity index (χ2v) is 5.76. The van der Waals surface area contributed by atoms with Crippen molar-refractivity contribution in [1.29, 1.82) is 0 Å². The number of aryl methyl sites for hydroxylation is 2. The van der Waals surface area contributed by atoms with Crippen LogP contribution in [0.3, 0.4) is 0 Å². The van der Waals surface area contributed by atoms with Gasteiger partial charge < -0.3 is 5.32 Å². The van der Waals surface area contributed by atoms with Gasteiger partial charge in [-0.25, -0.2) is 4.98 Å². The average molecular weight is 230 g/mol. The third kappa shape index (κ3) is 2.46. The average Bonchev–Trinajstić information content (AvgIpc) is 2.79. The van der Waals surface area contributed by atoms with Crippen LogP contribution in [0.25, 0.3) is 0 Å². The first kappa shape index (κ1) is 11.1. The fourth-order valence-electron chi connectivity index (χ4n) is 3.11. The van der Waals surface area contributed by atoms with E-state index in [1.54, 1.807) is 0 Å². The van der Waals surface area contributed by atoms with Crippen LogP contribution in [0.1, 0.15) is 50.3 Å². The van der Waals surface area contributed by atoms with Crippen LogP contribution in [-0.4, -0.2) is 11.0 Å². The maximum absolute atomic E-state index is 4.76. The number of hydrogen-bond acceptors (Lipinski definition) is 2. The standard InChI is InChI=1S/C15H22N2/c1-11-5-8-13(9-6-11)16-15-10-7-12-3-2-4-14(12)17-15/h7,10-11,13H,2-6,8-9H2,1H3,(H,16,17). The van der Waals surface area contributed by atoms with Crippen LogP contribution in [0.15, 0.2) is 12.1 Å². The number of aromatic nitrogens is 1. The van der Waals surface area contributed by atoms with Crippen LogP contribution >= 0.6 is 0 Å². The summed E-state index contributed by atoms with van der Waals surface area (Å²) in [6.07, 6.45) is 9.02. The van der Waals surface area contributed by atoms with Gasteiger partial charge in [-0.1, -0.05) is 13.0 Å². The molecule has 2 aliphatic carbocycles. The van der Waals surface area contributed by atoms with Gasteiger partial charge in [-0.05, 0) is 62.5 Å². The van der Waals surface area contributed by atoms with Gasteiger partial charge in [0.2, 0.25) is 0 Å². The van der Waals surface area contributed by atoms with Crippen LogP contribution < -0.4 is 5.32 Å². The van der Waals surface area contributed by atoms with Gasteiger partial charge in [0.05, 0.1) is 0 Å². The van der Waals surface area contributed by atoms with Crippen molar-refractivity contribution in [3.8, 4) is 0 Å². The molecule has 1 N–H and O–H groups in total. The molecule has 0 radical (unpaired) electrons. The van der Waals surface area contributed by atoms with Crippen LogP contribution in [0.5, 0.6) is 0 Å². The topological polar surface area (TPSA) is 24.9 Å². The summed E-state index contributed by atoms with van der Waals surface area (Å²) in [6, 6.07) is 5.09. The van der Waals surface area contributed by atoms with Gasteiger partial charge in [0.25, 0.3) is 0 Å². The Bertz CT molecular complexity index is 392. The quantitative estimate of drug-likeness (QED) is 0.840. The van der Waals surface area contributed by atoms with Crippen molar-refractivity contribution in [2.75, 3.05) is 5.32 Å². The second-order valence-electron chi connectivity index (χ2n) is 5.76. The van der Waals surface area contributed by atoms with Gasteiger partial charge >= 0.3 is 0 Å². The highest BCUT2D eigenvalue weighted by Gasteiger charge is 2.19. The lowest BCUT2D eigenvalue weighted by Crippen LogP contribution is -2.25. The van der Waals surface area contributed by atoms with Gasteiger partial charge in [-0.2, -0.15) is 0 Å². The Kier molecular flexibility index (Phi) is 3.04. The van der Waals surface area contributed by atoms with Crippen LogP contribution in [0.4, 0.5) is 5.82 Å². The molecule has 2 aliphatic rings. The molecule has 0 spiro atoms. The fraction of sp³-hybridized carbons (Fsp3) is 0.667. The molecule has 2 heteroatoms. The highest BCUT2D eigenvalue weighted by molar-refractivity contribution is 5.41. The summed E-state index contributed by atoms with van der Waals surface area (Å²) in [5.41, 5.74) is 2.80. The highest BCUT2D eigenvalue weighted by Crippen LogP contribution is 2.27. The van der Waals surface area contributed by atoms with E-state index >= 15 is 0 Å². The maximum Gasteiger partial charge on any atom is 0.126 e. The highest BCUT2D eigenvalue weighted by atomic mass is 15.0. The molecule has 0 bridgehead atoms. The van der Waals surface area contributed by atoms with E-state index in [2.05, 4.69) is 24.4 Å². The van der Waals surface area contributed by atoms with E-state index in [4.69, 9.17) is 4.98 Å². The number of nitrogens with one attached hydrogen (secondary N) is 1. The number of anilines is 1. The second kappa shape index (κ2) is 4.67. The zero-order valence-corrected chi connectivity index (χ0v) is 10.7. The number of fused-ring (bicyclic) bond motifs is 1. The smallest absolute Gasteiger partial charge is 0.126 e. The van der Waals surface area contributed by atoms with E-state index < -0.39 is 0 Å². The summed E-state index contributed by atoms with van der Waals surface area (Å²) in [7, 11) is 0. The molecule has 0 amide bonds. The summed E-state index contributed by atoms with van der Waals surface area (Å²) in [5.74, 6) is 2.02. The molecule has 0 unspecified atom stereocenters. The molecular weight excluding hydrogens is 208 g/mol. The van der Waals surface area contributed by atoms with Crippen LogP contribution in [0, 0.1) is 5.92 Å². The van der Waals surface area contributed by atoms with Crippen molar-refractivity contribution < 1.29 is 0 Å². The van der Waals surface area contributed by atoms with E-state index in [0.29, 0.717) is 6.04 Å². The van der Waals surface area contributed by atoms with E-state index in [1.165, 1.54) is 56.2 Å². The molecule has 0 atom stereocenters. The van der Waals surface area contributed by atoms with Gasteiger partial charge in [0.1, 0.15) is 5.82 Å². The molecule has 3 rings (SSSR count). The Balaban J connectivity index is 1.65. The number of rotatable bonds is 2. The number of pyridine rings is 1. The first-order chi connectivity index (χ1) is 8.31. The largest absolute Gasteiger partial charge is 0.367 e. The summed E-state index contributed by atoms with van der Waals surface area (Å²) >= 11 is 0. The normalized spacial score (nSPS) is 27.8. The minimum Gasteiger partial charge on any atom is -0.367 e. The Hall–Kier alpha value is -1.05. The Morgan fingerprint density at radius 3 is 2.76 bits per heavy atom. The lowest BCUT2D eigenvalue weighted by Gasteiger charge is -2.27. The minimum absolute atomic E-state index is 0.651. The van der Waals surface area contributed by atoms with E-state index in [0.717, 1.165) is 11.7 Å². The molecule has 92 valence electrons. The SMILES string of the molecule is CC1CCC(Nc2ccc3c(n2)CCC3)CC1. The summed E-state index contributed by atoms with van der Waals surface area (Å²) in [5, 5.41) is 3.62. The molecule has 1 aromatic heterocycles. The summed E-state index contributed by atoms with van der Waals surface area (Å²) < 4.78 is 0. The van der Waals surface area contributed by atoms with Crippen molar-refractivity contribution in [3.63, 3.8) is 0 Å². The Morgan fingerprint density at radius 1 is 1.12 bits per heavy atom. The van der Waals surface area contributed by atoms with Crippen molar-refractivity contribution in [1.82, 2.24) is 4.98 Å². The molecule has 17 heavy (non-hydrogen) atoms. The maximum atomic E-state index is 4.76. The van der Waals surface area contributed by atoms with Crippen molar-refractivity contribution in [2.45, 2.75) is 57.9 Å². The zero-order valence-electron chi connectivity index (χ0n) is 10.7. The molecule has 0 saturated heterocycles. The molecule has 1 saturated carbocycles. The summed E-state index contributed by atoms with van der Waals surface area (Å²) in [6.45, 7) is 2.36. The number of hydrogen-bond donors (Lipinski definition) is 1.